The molecule has 0 bridgehead atoms. The predicted molar refractivity (Wildman–Crippen MR) is 105 cm³/mol. The zero-order chi connectivity index (χ0) is 19.3. The van der Waals surface area contributed by atoms with Crippen molar-refractivity contribution in [1.82, 2.24) is 0 Å². The molecule has 0 unspecified atom stereocenters. The number of ether oxygens (including phenoxy) is 1. The maximum atomic E-state index is 11.3. The van der Waals surface area contributed by atoms with Crippen molar-refractivity contribution >= 4 is 5.97 Å². The molecular weight excluding hydrogens is 316 g/mol. The highest BCUT2D eigenvalue weighted by Gasteiger charge is 2.04. The highest BCUT2D eigenvalue weighted by Crippen LogP contribution is 2.12. The minimum atomic E-state index is -1.10. The molecule has 0 heterocycles. The molecule has 0 radical (unpaired) electrons. The molecule has 0 aromatic carbocycles. The summed E-state index contributed by atoms with van der Waals surface area (Å²) < 4.78 is 5.10. The van der Waals surface area contributed by atoms with Gasteiger partial charge in [-0.15, -0.1) is 0 Å². The Balaban J connectivity index is 0. The minimum Gasteiger partial charge on any atom is -0.463 e. The highest BCUT2D eigenvalue weighted by molar-refractivity contribution is 5.69. The van der Waals surface area contributed by atoms with Crippen molar-refractivity contribution in [3.8, 4) is 0 Å². The van der Waals surface area contributed by atoms with Crippen LogP contribution in [0, 0.1) is 0 Å². The van der Waals surface area contributed by atoms with Crippen molar-refractivity contribution in [2.75, 3.05) is 0 Å². The second-order valence-corrected chi connectivity index (χ2v) is 7.09. The summed E-state index contributed by atoms with van der Waals surface area (Å²) >= 11 is 0. The van der Waals surface area contributed by atoms with E-state index < -0.39 is 6.29 Å². The molecule has 0 saturated carbocycles. The largest absolute Gasteiger partial charge is 0.463 e. The first-order valence-electron chi connectivity index (χ1n) is 10.5. The van der Waals surface area contributed by atoms with E-state index in [4.69, 9.17) is 14.9 Å². The molecule has 0 aliphatic rings. The van der Waals surface area contributed by atoms with E-state index in [1.54, 1.807) is 0 Å². The number of unbranched alkanes of at least 4 members (excludes halogenated alkanes) is 10. The van der Waals surface area contributed by atoms with Crippen LogP contribution in [0.2, 0.25) is 0 Å². The van der Waals surface area contributed by atoms with Crippen molar-refractivity contribution in [2.24, 2.45) is 0 Å². The van der Waals surface area contributed by atoms with Gasteiger partial charge < -0.3 is 14.9 Å². The fourth-order valence-corrected chi connectivity index (χ4v) is 2.51. The van der Waals surface area contributed by atoms with Gasteiger partial charge in [-0.1, -0.05) is 84.5 Å². The lowest BCUT2D eigenvalue weighted by atomic mass is 10.1. The maximum absolute atomic E-state index is 11.3. The van der Waals surface area contributed by atoms with Crippen molar-refractivity contribution in [3.05, 3.63) is 0 Å². The number of carbonyl (C=O) groups excluding carboxylic acids is 1. The first kappa shape index (κ1) is 26.6. The van der Waals surface area contributed by atoms with Crippen molar-refractivity contribution in [1.29, 1.82) is 0 Å². The van der Waals surface area contributed by atoms with Crippen LogP contribution in [0.1, 0.15) is 118 Å². The Morgan fingerprint density at radius 1 is 0.760 bits per heavy atom. The summed E-state index contributed by atoms with van der Waals surface area (Å²) in [5, 5.41) is 16.2. The van der Waals surface area contributed by atoms with Crippen LogP contribution in [0.15, 0.2) is 0 Å². The zero-order valence-corrected chi connectivity index (χ0v) is 17.3. The number of hydrogen-bond acceptors (Lipinski definition) is 4. The van der Waals surface area contributed by atoms with Gasteiger partial charge in [0.1, 0.15) is 0 Å². The Morgan fingerprint density at radius 2 is 1.20 bits per heavy atom. The summed E-state index contributed by atoms with van der Waals surface area (Å²) in [4.78, 5) is 11.3. The van der Waals surface area contributed by atoms with Gasteiger partial charge in [-0.05, 0) is 26.7 Å². The van der Waals surface area contributed by atoms with Crippen LogP contribution in [0.25, 0.3) is 0 Å². The van der Waals surface area contributed by atoms with Crippen LogP contribution in [0.3, 0.4) is 0 Å². The van der Waals surface area contributed by atoms with Gasteiger partial charge in [-0.3, -0.25) is 4.79 Å². The third kappa shape index (κ3) is 28.5. The lowest BCUT2D eigenvalue weighted by Crippen LogP contribution is -2.10. The average molecular weight is 361 g/mol. The Morgan fingerprint density at radius 3 is 1.52 bits per heavy atom. The molecule has 25 heavy (non-hydrogen) atoms. The van der Waals surface area contributed by atoms with Crippen molar-refractivity contribution in [2.45, 2.75) is 130 Å². The summed E-state index contributed by atoms with van der Waals surface area (Å²) in [6, 6.07) is 0. The summed E-state index contributed by atoms with van der Waals surface area (Å²) in [7, 11) is 0. The van der Waals surface area contributed by atoms with Gasteiger partial charge in [-0.25, -0.2) is 0 Å². The Labute approximate surface area is 156 Å². The maximum Gasteiger partial charge on any atom is 0.306 e. The van der Waals surface area contributed by atoms with Crippen LogP contribution in [0.5, 0.6) is 0 Å². The van der Waals surface area contributed by atoms with Crippen molar-refractivity contribution < 1.29 is 19.7 Å². The molecule has 0 aromatic rings. The third-order valence-corrected chi connectivity index (χ3v) is 3.90. The molecule has 0 fully saturated rings. The number of hydrogen-bond donors (Lipinski definition) is 2. The first-order valence-corrected chi connectivity index (χ1v) is 10.5. The van der Waals surface area contributed by atoms with E-state index in [0.717, 1.165) is 12.8 Å². The SMILES string of the molecule is CCCC(O)O.CCCCCCCCCCCCCC(=O)OC(C)C. The monoisotopic (exact) mass is 360 g/mol. The van der Waals surface area contributed by atoms with Gasteiger partial charge in [0.25, 0.3) is 0 Å². The molecule has 0 spiro atoms. The molecule has 0 amide bonds. The summed E-state index contributed by atoms with van der Waals surface area (Å²) in [6.07, 6.45) is 15.3. The topological polar surface area (TPSA) is 66.8 Å². The fourth-order valence-electron chi connectivity index (χ4n) is 2.51. The number of carbonyl (C=O) groups is 1. The van der Waals surface area contributed by atoms with E-state index in [9.17, 15) is 4.79 Å². The van der Waals surface area contributed by atoms with E-state index in [1.807, 2.05) is 20.8 Å². The quantitative estimate of drug-likeness (QED) is 0.222. The van der Waals surface area contributed by atoms with Gasteiger partial charge in [0.2, 0.25) is 0 Å². The predicted octanol–water partition coefficient (Wildman–Crippen LogP) is 5.74. The molecular formula is C21H44O4. The molecule has 0 rings (SSSR count). The number of aliphatic hydroxyl groups excluding tert-OH is 1. The Kier molecular flexibility index (Phi) is 22.8. The summed E-state index contributed by atoms with van der Waals surface area (Å²) in [5.41, 5.74) is 0. The minimum absolute atomic E-state index is 0.0280. The lowest BCUT2D eigenvalue weighted by molar-refractivity contribution is -0.147. The van der Waals surface area contributed by atoms with E-state index in [1.165, 1.54) is 64.2 Å². The van der Waals surface area contributed by atoms with Gasteiger partial charge >= 0.3 is 5.97 Å². The van der Waals surface area contributed by atoms with Gasteiger partial charge in [-0.2, -0.15) is 0 Å². The molecule has 4 heteroatoms. The number of rotatable bonds is 15. The van der Waals surface area contributed by atoms with E-state index >= 15 is 0 Å². The standard InChI is InChI=1S/C17H34O2.C4H10O2/c1-4-5-6-7-8-9-10-11-12-13-14-15-17(18)19-16(2)3;1-2-3-4(5)6/h16H,4-15H2,1-3H3;4-6H,2-3H2,1H3. The molecule has 0 aliphatic carbocycles. The van der Waals surface area contributed by atoms with E-state index in [0.29, 0.717) is 12.8 Å². The molecule has 0 aromatic heterocycles. The van der Waals surface area contributed by atoms with Gasteiger partial charge in [0, 0.05) is 6.42 Å². The molecule has 0 atom stereocenters. The smallest absolute Gasteiger partial charge is 0.306 e. The molecule has 4 nitrogen and oxygen atoms in total. The van der Waals surface area contributed by atoms with Crippen LogP contribution in [-0.4, -0.2) is 28.6 Å². The first-order chi connectivity index (χ1) is 11.9. The fraction of sp³-hybridized carbons (Fsp3) is 0.952. The second-order valence-electron chi connectivity index (χ2n) is 7.09. The normalized spacial score (nSPS) is 10.7. The number of aliphatic hydroxyl groups is 2. The highest BCUT2D eigenvalue weighted by atomic mass is 16.5. The van der Waals surface area contributed by atoms with Gasteiger partial charge in [0.15, 0.2) is 6.29 Å². The van der Waals surface area contributed by atoms with Crippen LogP contribution in [0.4, 0.5) is 0 Å². The molecule has 2 N–H and O–H groups in total. The van der Waals surface area contributed by atoms with Gasteiger partial charge in [0.05, 0.1) is 6.10 Å². The van der Waals surface area contributed by atoms with Crippen LogP contribution < -0.4 is 0 Å². The lowest BCUT2D eigenvalue weighted by Gasteiger charge is -2.07. The van der Waals surface area contributed by atoms with E-state index in [2.05, 4.69) is 6.92 Å². The third-order valence-electron chi connectivity index (χ3n) is 3.90. The Bertz CT molecular complexity index is 265. The van der Waals surface area contributed by atoms with E-state index in [-0.39, 0.29) is 12.1 Å². The zero-order valence-electron chi connectivity index (χ0n) is 17.3. The summed E-state index contributed by atoms with van der Waals surface area (Å²) in [5.74, 6) is -0.0362. The molecule has 0 aliphatic heterocycles. The van der Waals surface area contributed by atoms with Crippen LogP contribution in [-0.2, 0) is 9.53 Å². The van der Waals surface area contributed by atoms with Crippen LogP contribution >= 0.6 is 0 Å². The second kappa shape index (κ2) is 21.4. The Hall–Kier alpha value is -0.610. The molecule has 152 valence electrons. The average Bonchev–Trinajstić information content (AvgIpc) is 2.52. The number of esters is 1. The summed E-state index contributed by atoms with van der Waals surface area (Å²) in [6.45, 7) is 7.97. The molecule has 0 saturated heterocycles. The van der Waals surface area contributed by atoms with Crippen molar-refractivity contribution in [3.63, 3.8) is 0 Å².